The Morgan fingerprint density at radius 1 is 1.19 bits per heavy atom. The number of anilines is 1. The van der Waals surface area contributed by atoms with Crippen LogP contribution in [-0.4, -0.2) is 77.6 Å². The number of carbonyl (C=O) groups excluding carboxylic acids is 2. The molecule has 0 unspecified atom stereocenters. The number of nitrogens with two attached hydrogens (primary N) is 1. The first-order valence-corrected chi connectivity index (χ1v) is 11.4. The topological polar surface area (TPSA) is 130 Å². The lowest BCUT2D eigenvalue weighted by Crippen LogP contribution is -2.48. The van der Waals surface area contributed by atoms with Crippen molar-refractivity contribution in [3.05, 3.63) is 41.5 Å². The van der Waals surface area contributed by atoms with Crippen molar-refractivity contribution >= 4 is 23.1 Å². The van der Waals surface area contributed by atoms with Crippen molar-refractivity contribution in [1.29, 1.82) is 0 Å². The Morgan fingerprint density at radius 3 is 2.64 bits per heavy atom. The average molecular weight is 503 g/mol. The third-order valence-electron chi connectivity index (χ3n) is 6.65. The monoisotopic (exact) mass is 503 g/mol. The van der Waals surface area contributed by atoms with Gasteiger partial charge in [-0.15, -0.1) is 0 Å². The van der Waals surface area contributed by atoms with Crippen molar-refractivity contribution in [2.75, 3.05) is 25.4 Å². The van der Waals surface area contributed by atoms with Gasteiger partial charge in [0.05, 0.1) is 28.6 Å². The molecule has 1 fully saturated rings. The van der Waals surface area contributed by atoms with Gasteiger partial charge in [-0.3, -0.25) is 14.6 Å². The molecule has 5 rings (SSSR count). The number of rotatable bonds is 3. The van der Waals surface area contributed by atoms with Crippen LogP contribution in [0.1, 0.15) is 41.9 Å². The first-order valence-electron chi connectivity index (χ1n) is 11.4. The number of aliphatic hydroxyl groups is 1. The maximum absolute atomic E-state index is 13.7. The van der Waals surface area contributed by atoms with Gasteiger partial charge in [-0.25, -0.2) is 9.50 Å². The van der Waals surface area contributed by atoms with Crippen LogP contribution in [0, 0.1) is 0 Å². The van der Waals surface area contributed by atoms with Crippen LogP contribution in [0.4, 0.5) is 19.0 Å². The molecule has 0 bridgehead atoms. The number of alkyl halides is 3. The molecule has 0 radical (unpaired) electrons. The van der Waals surface area contributed by atoms with Crippen molar-refractivity contribution in [3.8, 4) is 11.3 Å². The van der Waals surface area contributed by atoms with Crippen molar-refractivity contribution in [2.45, 2.75) is 44.5 Å². The normalized spacial score (nSPS) is 18.7. The number of pyridine rings is 1. The second kappa shape index (κ2) is 8.15. The van der Waals surface area contributed by atoms with Crippen molar-refractivity contribution in [1.82, 2.24) is 29.4 Å². The van der Waals surface area contributed by atoms with Crippen LogP contribution in [0.15, 0.2) is 24.7 Å². The van der Waals surface area contributed by atoms with Gasteiger partial charge < -0.3 is 20.6 Å². The zero-order valence-electron chi connectivity index (χ0n) is 19.6. The molecule has 2 amide bonds. The van der Waals surface area contributed by atoms with Gasteiger partial charge >= 0.3 is 6.18 Å². The molecule has 2 aliphatic rings. The highest BCUT2D eigenvalue weighted by atomic mass is 19.4. The highest BCUT2D eigenvalue weighted by Gasteiger charge is 2.40. The van der Waals surface area contributed by atoms with Crippen LogP contribution in [0.5, 0.6) is 0 Å². The Labute approximate surface area is 203 Å². The predicted octanol–water partition coefficient (Wildman–Crippen LogP) is 1.76. The molecular weight excluding hydrogens is 479 g/mol. The van der Waals surface area contributed by atoms with Crippen LogP contribution in [0.3, 0.4) is 0 Å². The summed E-state index contributed by atoms with van der Waals surface area (Å²) in [6.07, 6.45) is -1.18. The third kappa shape index (κ3) is 3.92. The van der Waals surface area contributed by atoms with Gasteiger partial charge in [0.2, 0.25) is 0 Å². The first-order chi connectivity index (χ1) is 16.9. The minimum Gasteiger partial charge on any atom is -0.382 e. The average Bonchev–Trinajstić information content (AvgIpc) is 3.44. The van der Waals surface area contributed by atoms with Crippen LogP contribution >= 0.6 is 0 Å². The lowest BCUT2D eigenvalue weighted by atomic mass is 10.00. The molecule has 3 aromatic heterocycles. The first kappa shape index (κ1) is 24.0. The van der Waals surface area contributed by atoms with E-state index < -0.39 is 23.2 Å². The minimum absolute atomic E-state index is 0.0782. The Morgan fingerprint density at radius 2 is 1.94 bits per heavy atom. The lowest BCUT2D eigenvalue weighted by Gasteiger charge is -2.33. The van der Waals surface area contributed by atoms with Gasteiger partial charge in [-0.05, 0) is 32.4 Å². The molecule has 0 aromatic carbocycles. The summed E-state index contributed by atoms with van der Waals surface area (Å²) >= 11 is 0. The molecule has 3 aromatic rings. The van der Waals surface area contributed by atoms with Crippen molar-refractivity contribution in [2.24, 2.45) is 0 Å². The molecule has 190 valence electrons. The fraction of sp³-hybridized carbons (Fsp3) is 0.435. The van der Waals surface area contributed by atoms with E-state index in [0.717, 1.165) is 16.9 Å². The summed E-state index contributed by atoms with van der Waals surface area (Å²) in [4.78, 5) is 37.1. The summed E-state index contributed by atoms with van der Waals surface area (Å²) in [5.74, 6) is -1.03. The molecule has 13 heteroatoms. The second-order valence-corrected chi connectivity index (χ2v) is 9.57. The summed E-state index contributed by atoms with van der Waals surface area (Å²) in [7, 11) is 0. The van der Waals surface area contributed by atoms with E-state index in [4.69, 9.17) is 5.73 Å². The van der Waals surface area contributed by atoms with E-state index in [0.29, 0.717) is 38.2 Å². The molecule has 0 aliphatic carbocycles. The minimum atomic E-state index is -4.69. The number of carbonyl (C=O) groups is 2. The van der Waals surface area contributed by atoms with Gasteiger partial charge in [-0.2, -0.15) is 18.3 Å². The fourth-order valence-corrected chi connectivity index (χ4v) is 4.91. The quantitative estimate of drug-likeness (QED) is 0.557. The van der Waals surface area contributed by atoms with Gasteiger partial charge in [0.25, 0.3) is 11.8 Å². The third-order valence-corrected chi connectivity index (χ3v) is 6.65. The van der Waals surface area contributed by atoms with Gasteiger partial charge in [0, 0.05) is 37.8 Å². The van der Waals surface area contributed by atoms with E-state index in [1.54, 1.807) is 4.90 Å². The largest absolute Gasteiger partial charge is 0.418 e. The van der Waals surface area contributed by atoms with Gasteiger partial charge in [0.15, 0.2) is 5.82 Å². The number of amides is 2. The summed E-state index contributed by atoms with van der Waals surface area (Å²) in [6.45, 7) is 3.97. The molecule has 36 heavy (non-hydrogen) atoms. The molecular formula is C23H24F3N7O3. The molecule has 1 saturated heterocycles. The van der Waals surface area contributed by atoms with E-state index in [1.165, 1.54) is 31.0 Å². The number of likely N-dealkylation sites (tertiary alicyclic amines) is 1. The van der Waals surface area contributed by atoms with Crippen molar-refractivity contribution in [3.63, 3.8) is 0 Å². The van der Waals surface area contributed by atoms with Crippen LogP contribution in [-0.2, 0) is 17.4 Å². The maximum Gasteiger partial charge on any atom is 0.418 e. The Hall–Kier alpha value is -3.74. The fourth-order valence-electron chi connectivity index (χ4n) is 4.91. The maximum atomic E-state index is 13.7. The van der Waals surface area contributed by atoms with Gasteiger partial charge in [0.1, 0.15) is 17.4 Å². The molecule has 5 heterocycles. The number of hydrogen-bond donors (Lipinski definition) is 2. The van der Waals surface area contributed by atoms with Gasteiger partial charge in [-0.1, -0.05) is 0 Å². The Kier molecular flexibility index (Phi) is 5.43. The van der Waals surface area contributed by atoms with Crippen molar-refractivity contribution < 1.29 is 27.9 Å². The SMILES string of the molecule is CC(C)(O)C(=O)N1CC[C@H](N2CCc3ncc(-c4cc(C(F)(F)F)c5c(N)ncnn45)cc3C2=O)C1. The van der Waals surface area contributed by atoms with Crippen LogP contribution in [0.2, 0.25) is 0 Å². The molecule has 10 nitrogen and oxygen atoms in total. The number of halogens is 3. The summed E-state index contributed by atoms with van der Waals surface area (Å²) in [5, 5.41) is 14.0. The number of nitrogens with zero attached hydrogens (tertiary/aromatic N) is 6. The molecule has 3 N–H and O–H groups in total. The number of nitrogen functional groups attached to an aromatic ring is 1. The highest BCUT2D eigenvalue weighted by Crippen LogP contribution is 2.39. The standard InChI is InChI=1S/C23H24F3N7O3/c1-22(2,36)21(35)31-5-3-13(10-31)32-6-4-16-14(20(32)34)7-12(9-28-16)17-8-15(23(24,25)26)18-19(27)29-11-30-33(17)18/h7-9,11,13,36H,3-6,10H2,1-2H3,(H2,27,29,30)/t13-/m0/s1. The molecule has 2 aliphatic heterocycles. The summed E-state index contributed by atoms with van der Waals surface area (Å²) in [6, 6.07) is 2.21. The number of aromatic nitrogens is 4. The van der Waals surface area contributed by atoms with Crippen LogP contribution < -0.4 is 5.73 Å². The lowest BCUT2D eigenvalue weighted by molar-refractivity contribution is -0.146. The zero-order chi connectivity index (χ0) is 26.0. The number of fused-ring (bicyclic) bond motifs is 2. The predicted molar refractivity (Wildman–Crippen MR) is 122 cm³/mol. The van der Waals surface area contributed by atoms with E-state index in [9.17, 15) is 27.9 Å². The molecule has 1 atom stereocenters. The zero-order valence-corrected chi connectivity index (χ0v) is 19.6. The second-order valence-electron chi connectivity index (χ2n) is 9.57. The number of hydrogen-bond acceptors (Lipinski definition) is 7. The summed E-state index contributed by atoms with van der Waals surface area (Å²) in [5.41, 5.74) is 4.07. The summed E-state index contributed by atoms with van der Waals surface area (Å²) < 4.78 is 42.2. The highest BCUT2D eigenvalue weighted by molar-refractivity contribution is 5.98. The smallest absolute Gasteiger partial charge is 0.382 e. The molecule has 0 spiro atoms. The van der Waals surface area contributed by atoms with Crippen LogP contribution in [0.25, 0.3) is 16.8 Å². The molecule has 0 saturated carbocycles. The Balaban J connectivity index is 1.48. The van der Waals surface area contributed by atoms with E-state index in [-0.39, 0.29) is 40.1 Å². The van der Waals surface area contributed by atoms with E-state index in [1.807, 2.05) is 0 Å². The Bertz CT molecular complexity index is 1380. The van der Waals surface area contributed by atoms with E-state index >= 15 is 0 Å². The van der Waals surface area contributed by atoms with E-state index in [2.05, 4.69) is 15.1 Å².